The van der Waals surface area contributed by atoms with E-state index in [-0.39, 0.29) is 43.6 Å². The molecule has 1 aromatic carbocycles. The van der Waals surface area contributed by atoms with E-state index in [1.54, 1.807) is 52.0 Å². The minimum Gasteiger partial charge on any atom is -0.445 e. The zero-order chi connectivity index (χ0) is 29.0. The van der Waals surface area contributed by atoms with Crippen molar-refractivity contribution in [2.45, 2.75) is 91.7 Å². The van der Waals surface area contributed by atoms with Crippen molar-refractivity contribution in [3.8, 4) is 0 Å². The first-order valence-electron chi connectivity index (χ1n) is 12.8. The zero-order valence-corrected chi connectivity index (χ0v) is 22.9. The van der Waals surface area contributed by atoms with Crippen molar-refractivity contribution in [2.75, 3.05) is 0 Å². The molecule has 0 heterocycles. The molecule has 0 saturated heterocycles. The highest BCUT2D eigenvalue weighted by Gasteiger charge is 2.44. The van der Waals surface area contributed by atoms with E-state index in [0.29, 0.717) is 0 Å². The maximum absolute atomic E-state index is 13.1. The van der Waals surface area contributed by atoms with Gasteiger partial charge in [0.2, 0.25) is 11.8 Å². The molecule has 0 unspecified atom stereocenters. The van der Waals surface area contributed by atoms with Crippen molar-refractivity contribution in [3.05, 3.63) is 35.9 Å². The SMILES string of the molecule is CC(C)C[C@H](NC(=O)OCc1ccccc1)C(=O)N[C@@H](CC(C)C)C(=O)N[C@@H](CC(C)C)C(=O)C(F)(F)F. The molecule has 0 aromatic heterocycles. The highest BCUT2D eigenvalue weighted by atomic mass is 19.4. The first-order chi connectivity index (χ1) is 17.6. The number of benzene rings is 1. The van der Waals surface area contributed by atoms with Crippen LogP contribution in [-0.4, -0.2) is 48.0 Å². The van der Waals surface area contributed by atoms with Crippen LogP contribution in [0.3, 0.4) is 0 Å². The predicted molar refractivity (Wildman–Crippen MR) is 137 cm³/mol. The van der Waals surface area contributed by atoms with E-state index in [9.17, 15) is 32.3 Å². The van der Waals surface area contributed by atoms with Crippen LogP contribution in [0, 0.1) is 17.8 Å². The Kier molecular flexibility index (Phi) is 13.3. The Morgan fingerprint density at radius 2 is 1.13 bits per heavy atom. The van der Waals surface area contributed by atoms with E-state index in [1.807, 2.05) is 19.9 Å². The minimum atomic E-state index is -5.12. The number of nitrogens with one attached hydrogen (secondary N) is 3. The number of alkyl carbamates (subject to hydrolysis) is 1. The summed E-state index contributed by atoms with van der Waals surface area (Å²) in [6, 6.07) is 4.91. The molecular formula is C27H40F3N3O5. The molecule has 0 saturated carbocycles. The van der Waals surface area contributed by atoms with Gasteiger partial charge in [0.15, 0.2) is 0 Å². The van der Waals surface area contributed by atoms with Gasteiger partial charge < -0.3 is 20.7 Å². The Morgan fingerprint density at radius 3 is 1.58 bits per heavy atom. The summed E-state index contributed by atoms with van der Waals surface area (Å²) < 4.78 is 44.6. The lowest BCUT2D eigenvalue weighted by atomic mass is 9.97. The fourth-order valence-corrected chi connectivity index (χ4v) is 3.76. The molecule has 3 N–H and O–H groups in total. The van der Waals surface area contributed by atoms with Gasteiger partial charge >= 0.3 is 12.3 Å². The topological polar surface area (TPSA) is 114 Å². The van der Waals surface area contributed by atoms with Crippen molar-refractivity contribution in [1.82, 2.24) is 16.0 Å². The molecule has 0 aliphatic heterocycles. The van der Waals surface area contributed by atoms with E-state index in [0.717, 1.165) is 5.56 Å². The van der Waals surface area contributed by atoms with Crippen LogP contribution in [0.15, 0.2) is 30.3 Å². The monoisotopic (exact) mass is 543 g/mol. The first-order valence-corrected chi connectivity index (χ1v) is 12.8. The zero-order valence-electron chi connectivity index (χ0n) is 22.9. The Hall–Kier alpha value is -3.11. The van der Waals surface area contributed by atoms with Gasteiger partial charge in [0, 0.05) is 0 Å². The molecule has 0 aliphatic carbocycles. The summed E-state index contributed by atoms with van der Waals surface area (Å²) in [6.07, 6.45) is -5.82. The van der Waals surface area contributed by atoms with Gasteiger partial charge in [0.05, 0.1) is 6.04 Å². The third-order valence-electron chi connectivity index (χ3n) is 5.49. The number of halogens is 3. The molecule has 0 spiro atoms. The minimum absolute atomic E-state index is 0.00839. The van der Waals surface area contributed by atoms with Gasteiger partial charge in [-0.15, -0.1) is 0 Å². The number of amides is 3. The van der Waals surface area contributed by atoms with Crippen molar-refractivity contribution >= 4 is 23.7 Å². The fraction of sp³-hybridized carbons (Fsp3) is 0.630. The lowest BCUT2D eigenvalue weighted by Crippen LogP contribution is -2.57. The van der Waals surface area contributed by atoms with Crippen molar-refractivity contribution in [2.24, 2.45) is 17.8 Å². The van der Waals surface area contributed by atoms with Crippen LogP contribution in [-0.2, 0) is 25.7 Å². The molecule has 8 nitrogen and oxygen atoms in total. The number of ketones is 1. The van der Waals surface area contributed by atoms with Crippen molar-refractivity contribution in [1.29, 1.82) is 0 Å². The lowest BCUT2D eigenvalue weighted by molar-refractivity contribution is -0.174. The van der Waals surface area contributed by atoms with Crippen LogP contribution in [0.25, 0.3) is 0 Å². The van der Waals surface area contributed by atoms with Crippen LogP contribution >= 0.6 is 0 Å². The van der Waals surface area contributed by atoms with E-state index in [4.69, 9.17) is 4.74 Å². The van der Waals surface area contributed by atoms with Crippen LogP contribution < -0.4 is 16.0 Å². The van der Waals surface area contributed by atoms with Gasteiger partial charge in [-0.2, -0.15) is 13.2 Å². The van der Waals surface area contributed by atoms with Gasteiger partial charge in [0.25, 0.3) is 5.78 Å². The van der Waals surface area contributed by atoms with E-state index in [2.05, 4.69) is 16.0 Å². The molecule has 11 heteroatoms. The molecule has 214 valence electrons. The summed E-state index contributed by atoms with van der Waals surface area (Å²) >= 11 is 0. The number of Topliss-reactive ketones (excluding diaryl/α,β-unsaturated/α-hetero) is 1. The molecule has 0 bridgehead atoms. The molecule has 3 atom stereocenters. The van der Waals surface area contributed by atoms with Crippen LogP contribution in [0.2, 0.25) is 0 Å². The highest BCUT2D eigenvalue weighted by Crippen LogP contribution is 2.21. The van der Waals surface area contributed by atoms with Gasteiger partial charge in [-0.25, -0.2) is 4.79 Å². The number of ether oxygens (including phenoxy) is 1. The van der Waals surface area contributed by atoms with E-state index in [1.165, 1.54) is 0 Å². The number of alkyl halides is 3. The molecular weight excluding hydrogens is 503 g/mol. The highest BCUT2D eigenvalue weighted by molar-refractivity contribution is 5.96. The van der Waals surface area contributed by atoms with Crippen LogP contribution in [0.1, 0.15) is 66.4 Å². The molecule has 0 radical (unpaired) electrons. The first kappa shape index (κ1) is 32.9. The second kappa shape index (κ2) is 15.3. The molecule has 0 fully saturated rings. The van der Waals surface area contributed by atoms with Gasteiger partial charge in [0.1, 0.15) is 18.7 Å². The van der Waals surface area contributed by atoms with E-state index >= 15 is 0 Å². The summed E-state index contributed by atoms with van der Waals surface area (Å²) in [5, 5.41) is 7.26. The van der Waals surface area contributed by atoms with E-state index < -0.39 is 48.0 Å². The number of rotatable bonds is 14. The van der Waals surface area contributed by atoms with Gasteiger partial charge in [-0.3, -0.25) is 14.4 Å². The molecule has 1 rings (SSSR count). The second-order valence-electron chi connectivity index (χ2n) is 10.6. The smallest absolute Gasteiger partial charge is 0.445 e. The maximum atomic E-state index is 13.1. The number of carbonyl (C=O) groups excluding carboxylic acids is 4. The molecule has 0 aliphatic rings. The largest absolute Gasteiger partial charge is 0.452 e. The predicted octanol–water partition coefficient (Wildman–Crippen LogP) is 4.52. The average Bonchev–Trinajstić information content (AvgIpc) is 2.80. The Balaban J connectivity index is 2.99. The Bertz CT molecular complexity index is 920. The fourth-order valence-electron chi connectivity index (χ4n) is 3.76. The summed E-state index contributed by atoms with van der Waals surface area (Å²) in [5.41, 5.74) is 0.755. The Labute approximate surface area is 222 Å². The summed E-state index contributed by atoms with van der Waals surface area (Å²) in [4.78, 5) is 50.5. The molecule has 38 heavy (non-hydrogen) atoms. The van der Waals surface area contributed by atoms with Gasteiger partial charge in [-0.05, 0) is 42.6 Å². The third kappa shape index (κ3) is 12.4. The van der Waals surface area contributed by atoms with Crippen molar-refractivity contribution in [3.63, 3.8) is 0 Å². The third-order valence-corrected chi connectivity index (χ3v) is 5.49. The quantitative estimate of drug-likeness (QED) is 0.319. The average molecular weight is 544 g/mol. The molecule has 3 amide bonds. The second-order valence-corrected chi connectivity index (χ2v) is 10.6. The summed E-state index contributed by atoms with van der Waals surface area (Å²) in [6.45, 7) is 10.5. The van der Waals surface area contributed by atoms with Gasteiger partial charge in [-0.1, -0.05) is 71.9 Å². The number of hydrogen-bond acceptors (Lipinski definition) is 5. The maximum Gasteiger partial charge on any atom is 0.452 e. The number of carbonyl (C=O) groups is 4. The van der Waals surface area contributed by atoms with Crippen LogP contribution in [0.4, 0.5) is 18.0 Å². The lowest BCUT2D eigenvalue weighted by Gasteiger charge is -2.27. The molecule has 1 aromatic rings. The summed E-state index contributed by atoms with van der Waals surface area (Å²) in [7, 11) is 0. The van der Waals surface area contributed by atoms with Crippen molar-refractivity contribution < 1.29 is 37.1 Å². The normalized spacial score (nSPS) is 14.1. The summed E-state index contributed by atoms with van der Waals surface area (Å²) in [5.74, 6) is -4.05. The Morgan fingerprint density at radius 1 is 0.711 bits per heavy atom. The number of hydrogen-bond donors (Lipinski definition) is 3. The van der Waals surface area contributed by atoms with Crippen LogP contribution in [0.5, 0.6) is 0 Å². The standard InChI is InChI=1S/C27H40F3N3O5/c1-16(2)12-20(23(34)27(28,29)30)31-24(35)21(13-17(3)4)32-25(36)22(14-18(5)6)33-26(37)38-15-19-10-8-7-9-11-19/h7-11,16-18,20-22H,12-15H2,1-6H3,(H,31,35)(H,32,36)(H,33,37)/t20-,21-,22-/m0/s1.